The number of piperidine rings is 1. The lowest BCUT2D eigenvalue weighted by atomic mass is 10.0. The number of likely N-dealkylation sites (tertiary alicyclic amines) is 1. The second kappa shape index (κ2) is 7.43. The number of nitrogens with zero attached hydrogens (tertiary/aromatic N) is 1. The number of phenols is 1. The Bertz CT molecular complexity index is 665. The summed E-state index contributed by atoms with van der Waals surface area (Å²) in [6.45, 7) is 1.78. The van der Waals surface area contributed by atoms with Crippen LogP contribution >= 0.6 is 0 Å². The van der Waals surface area contributed by atoms with E-state index >= 15 is 0 Å². The summed E-state index contributed by atoms with van der Waals surface area (Å²) in [5, 5.41) is 9.78. The van der Waals surface area contributed by atoms with Crippen molar-refractivity contribution in [2.45, 2.75) is 31.8 Å². The number of allylic oxidation sites excluding steroid dienone is 3. The molecular weight excluding hydrogens is 306 g/mol. The summed E-state index contributed by atoms with van der Waals surface area (Å²) in [5.41, 5.74) is 1.49. The number of phenolic OH excluding ortho intramolecular Hbond substituents is 1. The highest BCUT2D eigenvalue weighted by atomic mass is 16.5. The van der Waals surface area contributed by atoms with Gasteiger partial charge in [0.25, 0.3) is 0 Å². The molecule has 24 heavy (non-hydrogen) atoms. The van der Waals surface area contributed by atoms with Crippen LogP contribution < -0.4 is 4.74 Å². The molecule has 5 heteroatoms. The number of methoxy groups -OCH3 is 1. The van der Waals surface area contributed by atoms with Crippen LogP contribution in [0.5, 0.6) is 11.5 Å². The van der Waals surface area contributed by atoms with E-state index in [0.29, 0.717) is 12.0 Å². The van der Waals surface area contributed by atoms with Gasteiger partial charge >= 0.3 is 0 Å². The van der Waals surface area contributed by atoms with E-state index in [0.717, 1.165) is 44.5 Å². The smallest absolute Gasteiger partial charge is 0.157 e. The van der Waals surface area contributed by atoms with Crippen molar-refractivity contribution in [2.24, 2.45) is 0 Å². The molecule has 0 bridgehead atoms. The summed E-state index contributed by atoms with van der Waals surface area (Å²) in [5.74, 6) is 1.32. The molecular formula is C19H23NO4. The van der Waals surface area contributed by atoms with Gasteiger partial charge in [-0.05, 0) is 50.0 Å². The van der Waals surface area contributed by atoms with E-state index in [1.54, 1.807) is 19.2 Å². The highest BCUT2D eigenvalue weighted by molar-refractivity contribution is 5.83. The van der Waals surface area contributed by atoms with Crippen LogP contribution in [0.25, 0.3) is 0 Å². The van der Waals surface area contributed by atoms with Crippen LogP contribution in [0, 0.1) is 0 Å². The van der Waals surface area contributed by atoms with Crippen LogP contribution in [0.4, 0.5) is 0 Å². The number of aldehydes is 1. The van der Waals surface area contributed by atoms with E-state index in [4.69, 9.17) is 9.47 Å². The zero-order valence-corrected chi connectivity index (χ0v) is 13.9. The lowest BCUT2D eigenvalue weighted by Crippen LogP contribution is -2.41. The average Bonchev–Trinajstić information content (AvgIpc) is 2.62. The van der Waals surface area contributed by atoms with Gasteiger partial charge in [0.2, 0.25) is 0 Å². The van der Waals surface area contributed by atoms with E-state index in [9.17, 15) is 9.90 Å². The molecule has 1 aliphatic carbocycles. The first kappa shape index (κ1) is 16.4. The first-order valence-electron chi connectivity index (χ1n) is 8.34. The van der Waals surface area contributed by atoms with Crippen LogP contribution in [0.2, 0.25) is 0 Å². The van der Waals surface area contributed by atoms with Gasteiger partial charge in [-0.15, -0.1) is 0 Å². The van der Waals surface area contributed by atoms with Crippen molar-refractivity contribution in [3.8, 4) is 11.5 Å². The summed E-state index contributed by atoms with van der Waals surface area (Å²) in [4.78, 5) is 13.5. The molecule has 1 fully saturated rings. The second-order valence-corrected chi connectivity index (χ2v) is 6.12. The molecule has 3 rings (SSSR count). The number of hydrogen-bond acceptors (Lipinski definition) is 5. The van der Waals surface area contributed by atoms with E-state index in [1.807, 2.05) is 0 Å². The van der Waals surface area contributed by atoms with Crippen molar-refractivity contribution in [3.05, 3.63) is 47.4 Å². The monoisotopic (exact) mass is 329 g/mol. The van der Waals surface area contributed by atoms with Crippen LogP contribution in [0.3, 0.4) is 0 Å². The normalized spacial score (nSPS) is 20.9. The third-order valence-electron chi connectivity index (χ3n) is 4.53. The van der Waals surface area contributed by atoms with Gasteiger partial charge in [0.15, 0.2) is 6.29 Å². The maximum absolute atomic E-state index is 11.2. The highest BCUT2D eigenvalue weighted by Crippen LogP contribution is 2.30. The molecule has 1 aliphatic heterocycles. The van der Waals surface area contributed by atoms with Gasteiger partial charge in [0, 0.05) is 12.2 Å². The molecule has 0 amide bonds. The number of rotatable bonds is 5. The second-order valence-electron chi connectivity index (χ2n) is 6.12. The molecule has 0 aromatic heterocycles. The fourth-order valence-electron chi connectivity index (χ4n) is 3.28. The van der Waals surface area contributed by atoms with Crippen LogP contribution in [-0.4, -0.2) is 42.6 Å². The molecule has 1 aromatic rings. The van der Waals surface area contributed by atoms with E-state index in [2.05, 4.69) is 17.1 Å². The molecule has 1 saturated heterocycles. The molecule has 1 heterocycles. The zero-order valence-electron chi connectivity index (χ0n) is 13.9. The molecule has 1 unspecified atom stereocenters. The van der Waals surface area contributed by atoms with Crippen molar-refractivity contribution < 1.29 is 19.4 Å². The summed E-state index contributed by atoms with van der Waals surface area (Å²) < 4.78 is 11.4. The minimum atomic E-state index is -0.0416. The first-order chi connectivity index (χ1) is 11.7. The molecule has 0 saturated carbocycles. The van der Waals surface area contributed by atoms with Crippen molar-refractivity contribution in [1.82, 2.24) is 4.90 Å². The lowest BCUT2D eigenvalue weighted by molar-refractivity contribution is 0.101. The Morgan fingerprint density at radius 2 is 2.25 bits per heavy atom. The fraction of sp³-hybridized carbons (Fsp3) is 0.421. The summed E-state index contributed by atoms with van der Waals surface area (Å²) >= 11 is 0. The Hall–Kier alpha value is -2.43. The highest BCUT2D eigenvalue weighted by Gasteiger charge is 2.24. The largest absolute Gasteiger partial charge is 0.507 e. The van der Waals surface area contributed by atoms with Gasteiger partial charge in [-0.25, -0.2) is 0 Å². The summed E-state index contributed by atoms with van der Waals surface area (Å²) in [6.07, 6.45) is 8.79. The Kier molecular flexibility index (Phi) is 5.08. The Morgan fingerprint density at radius 1 is 1.38 bits per heavy atom. The minimum absolute atomic E-state index is 0.00273. The maximum Gasteiger partial charge on any atom is 0.157 e. The Morgan fingerprint density at radius 3 is 3.04 bits per heavy atom. The van der Waals surface area contributed by atoms with Crippen LogP contribution in [0.15, 0.2) is 41.8 Å². The number of aromatic hydroxyl groups is 1. The number of carbonyl (C=O) groups excluding carboxylic acids is 1. The molecule has 0 spiro atoms. The standard InChI is InChI=1S/C19H23NO4/c1-23-15-6-2-5-14(11-15)20-10-4-7-16(12-20)24-19-9-3-8-18(22)17(19)13-21/h3,6,8-9,11,13,16,22H,2,4-5,7,10,12H2,1H3. The fourth-order valence-corrected chi connectivity index (χ4v) is 3.28. The summed E-state index contributed by atoms with van der Waals surface area (Å²) in [6, 6.07) is 4.92. The van der Waals surface area contributed by atoms with E-state index in [1.165, 1.54) is 11.8 Å². The molecule has 1 N–H and O–H groups in total. The van der Waals surface area contributed by atoms with Crippen molar-refractivity contribution in [3.63, 3.8) is 0 Å². The van der Waals surface area contributed by atoms with Gasteiger partial charge in [-0.1, -0.05) is 6.07 Å². The van der Waals surface area contributed by atoms with Gasteiger partial charge < -0.3 is 19.5 Å². The van der Waals surface area contributed by atoms with Crippen molar-refractivity contribution in [2.75, 3.05) is 20.2 Å². The number of benzene rings is 1. The van der Waals surface area contributed by atoms with Gasteiger partial charge in [0.05, 0.1) is 19.2 Å². The quantitative estimate of drug-likeness (QED) is 0.840. The van der Waals surface area contributed by atoms with Gasteiger partial charge in [-0.3, -0.25) is 4.79 Å². The van der Waals surface area contributed by atoms with Crippen molar-refractivity contribution >= 4 is 6.29 Å². The molecule has 1 atom stereocenters. The Labute approximate surface area is 142 Å². The van der Waals surface area contributed by atoms with Crippen molar-refractivity contribution in [1.29, 1.82) is 0 Å². The van der Waals surface area contributed by atoms with E-state index in [-0.39, 0.29) is 17.4 Å². The van der Waals surface area contributed by atoms with Crippen LogP contribution in [-0.2, 0) is 4.74 Å². The predicted molar refractivity (Wildman–Crippen MR) is 91.1 cm³/mol. The van der Waals surface area contributed by atoms with Gasteiger partial charge in [0.1, 0.15) is 23.4 Å². The third-order valence-corrected chi connectivity index (χ3v) is 4.53. The lowest BCUT2D eigenvalue weighted by Gasteiger charge is -2.37. The average molecular weight is 329 g/mol. The number of hydrogen-bond donors (Lipinski definition) is 1. The van der Waals surface area contributed by atoms with Crippen LogP contribution in [0.1, 0.15) is 36.0 Å². The Balaban J connectivity index is 1.70. The SMILES string of the molecule is COC1=CCCC(N2CCCC(Oc3cccc(O)c3C=O)C2)=C1. The molecule has 128 valence electrons. The molecule has 5 nitrogen and oxygen atoms in total. The molecule has 1 aromatic carbocycles. The predicted octanol–water partition coefficient (Wildman–Crippen LogP) is 3.26. The maximum atomic E-state index is 11.2. The number of ether oxygens (including phenoxy) is 2. The molecule has 0 radical (unpaired) electrons. The molecule has 2 aliphatic rings. The topological polar surface area (TPSA) is 59.0 Å². The number of carbonyl (C=O) groups is 1. The van der Waals surface area contributed by atoms with Gasteiger partial charge in [-0.2, -0.15) is 0 Å². The van der Waals surface area contributed by atoms with E-state index < -0.39 is 0 Å². The zero-order chi connectivity index (χ0) is 16.9. The third kappa shape index (κ3) is 3.55. The first-order valence-corrected chi connectivity index (χ1v) is 8.34. The summed E-state index contributed by atoms with van der Waals surface area (Å²) in [7, 11) is 1.69. The minimum Gasteiger partial charge on any atom is -0.507 e.